The van der Waals surface area contributed by atoms with Gasteiger partial charge in [0.05, 0.1) is 18.8 Å². The van der Waals surface area contributed by atoms with Crippen molar-refractivity contribution in [2.45, 2.75) is 18.6 Å². The lowest BCUT2D eigenvalue weighted by Crippen LogP contribution is -2.38. The summed E-state index contributed by atoms with van der Waals surface area (Å²) < 4.78 is 12.3. The van der Waals surface area contributed by atoms with E-state index in [1.165, 1.54) is 0 Å². The van der Waals surface area contributed by atoms with Crippen LogP contribution < -0.4 is 0 Å². The molecule has 3 rings (SSSR count). The van der Waals surface area contributed by atoms with E-state index in [4.69, 9.17) is 9.47 Å². The van der Waals surface area contributed by atoms with Crippen LogP contribution in [0, 0.1) is 0 Å². The van der Waals surface area contributed by atoms with Gasteiger partial charge in [-0.25, -0.2) is 4.98 Å². The molecule has 2 aromatic rings. The monoisotopic (exact) mass is 330 g/mol. The summed E-state index contributed by atoms with van der Waals surface area (Å²) >= 11 is 0. The van der Waals surface area contributed by atoms with Crippen LogP contribution in [0.2, 0.25) is 0 Å². The molecule has 1 aromatic carbocycles. The van der Waals surface area contributed by atoms with Crippen molar-refractivity contribution in [2.24, 2.45) is 7.05 Å². The number of methoxy groups -OCH3 is 2. The van der Waals surface area contributed by atoms with Gasteiger partial charge in [-0.2, -0.15) is 5.10 Å². The Morgan fingerprint density at radius 3 is 2.62 bits per heavy atom. The molecule has 7 nitrogen and oxygen atoms in total. The van der Waals surface area contributed by atoms with Crippen molar-refractivity contribution in [3.05, 3.63) is 36.2 Å². The third kappa shape index (κ3) is 3.32. The largest absolute Gasteiger partial charge is 0.383 e. The Labute approximate surface area is 141 Å². The van der Waals surface area contributed by atoms with Gasteiger partial charge in [0, 0.05) is 38.9 Å². The van der Waals surface area contributed by atoms with Gasteiger partial charge in [0.15, 0.2) is 5.82 Å². The van der Waals surface area contributed by atoms with Crippen LogP contribution >= 0.6 is 0 Å². The number of carbonyl (C=O) groups excluding carboxylic acids is 1. The van der Waals surface area contributed by atoms with Crippen molar-refractivity contribution in [3.8, 4) is 11.4 Å². The van der Waals surface area contributed by atoms with Crippen LogP contribution in [0.25, 0.3) is 11.4 Å². The molecule has 24 heavy (non-hydrogen) atoms. The summed E-state index contributed by atoms with van der Waals surface area (Å²) in [4.78, 5) is 18.9. The number of benzene rings is 1. The number of aryl methyl sites for hydroxylation is 1. The number of nitrogens with zero attached hydrogens (tertiary/aromatic N) is 4. The molecule has 128 valence electrons. The maximum Gasteiger partial charge on any atom is 0.254 e. The summed E-state index contributed by atoms with van der Waals surface area (Å²) in [5, 5.41) is 4.27. The number of hydrogen-bond acceptors (Lipinski definition) is 5. The summed E-state index contributed by atoms with van der Waals surface area (Å²) in [7, 11) is 5.15. The average Bonchev–Trinajstić information content (AvgIpc) is 3.21. The van der Waals surface area contributed by atoms with Crippen LogP contribution in [0.1, 0.15) is 16.8 Å². The molecule has 2 heterocycles. The predicted octanol–water partition coefficient (Wildman–Crippen LogP) is 1.36. The molecule has 1 aromatic heterocycles. The van der Waals surface area contributed by atoms with Crippen molar-refractivity contribution < 1.29 is 14.3 Å². The van der Waals surface area contributed by atoms with E-state index in [1.54, 1.807) is 25.2 Å². The Bertz CT molecular complexity index is 698. The molecule has 1 saturated heterocycles. The fourth-order valence-electron chi connectivity index (χ4n) is 3.04. The summed E-state index contributed by atoms with van der Waals surface area (Å²) in [6, 6.07) is 7.43. The molecule has 1 aliphatic heterocycles. The van der Waals surface area contributed by atoms with Gasteiger partial charge in [-0.3, -0.25) is 9.48 Å². The zero-order valence-electron chi connectivity index (χ0n) is 14.2. The van der Waals surface area contributed by atoms with E-state index in [9.17, 15) is 4.79 Å². The molecule has 0 N–H and O–H groups in total. The van der Waals surface area contributed by atoms with Crippen molar-refractivity contribution >= 4 is 5.91 Å². The van der Waals surface area contributed by atoms with E-state index in [1.807, 2.05) is 36.2 Å². The van der Waals surface area contributed by atoms with E-state index < -0.39 is 0 Å². The molecule has 1 aliphatic rings. The number of amides is 1. The number of likely N-dealkylation sites (tertiary alicyclic amines) is 1. The number of carbonyl (C=O) groups is 1. The minimum Gasteiger partial charge on any atom is -0.383 e. The van der Waals surface area contributed by atoms with Gasteiger partial charge in [0.25, 0.3) is 5.91 Å². The SMILES string of the molecule is COC[C@@H]1C[C@H](OC)CN1C(=O)c1ccc(-c2ncn(C)n2)cc1. The van der Waals surface area contributed by atoms with Gasteiger partial charge >= 0.3 is 0 Å². The zero-order chi connectivity index (χ0) is 17.1. The quantitative estimate of drug-likeness (QED) is 0.828. The minimum absolute atomic E-state index is 0.00266. The Kier molecular flexibility index (Phi) is 4.92. The first-order chi connectivity index (χ1) is 11.6. The Hall–Kier alpha value is -2.25. The van der Waals surface area contributed by atoms with E-state index in [-0.39, 0.29) is 18.1 Å². The fourth-order valence-corrected chi connectivity index (χ4v) is 3.04. The van der Waals surface area contributed by atoms with Crippen LogP contribution in [0.3, 0.4) is 0 Å². The lowest BCUT2D eigenvalue weighted by molar-refractivity contribution is 0.0612. The van der Waals surface area contributed by atoms with Crippen molar-refractivity contribution in [2.75, 3.05) is 27.4 Å². The van der Waals surface area contributed by atoms with Gasteiger partial charge in [-0.1, -0.05) is 12.1 Å². The summed E-state index contributed by atoms with van der Waals surface area (Å²) in [5.41, 5.74) is 1.53. The average molecular weight is 330 g/mol. The predicted molar refractivity (Wildman–Crippen MR) is 88.6 cm³/mol. The molecule has 0 unspecified atom stereocenters. The fraction of sp³-hybridized carbons (Fsp3) is 0.471. The lowest BCUT2D eigenvalue weighted by Gasteiger charge is -2.23. The Balaban J connectivity index is 1.76. The number of aromatic nitrogens is 3. The Morgan fingerprint density at radius 1 is 1.29 bits per heavy atom. The highest BCUT2D eigenvalue weighted by molar-refractivity contribution is 5.95. The lowest BCUT2D eigenvalue weighted by atomic mass is 10.1. The maximum absolute atomic E-state index is 12.8. The molecule has 0 saturated carbocycles. The molecule has 0 bridgehead atoms. The third-order valence-electron chi connectivity index (χ3n) is 4.32. The van der Waals surface area contributed by atoms with Crippen LogP contribution in [0.5, 0.6) is 0 Å². The van der Waals surface area contributed by atoms with Crippen LogP contribution in [-0.4, -0.2) is 65.1 Å². The van der Waals surface area contributed by atoms with Gasteiger partial charge < -0.3 is 14.4 Å². The normalized spacial score (nSPS) is 20.5. The smallest absolute Gasteiger partial charge is 0.254 e. The highest BCUT2D eigenvalue weighted by atomic mass is 16.5. The van der Waals surface area contributed by atoms with Gasteiger partial charge in [-0.05, 0) is 18.6 Å². The second-order valence-corrected chi connectivity index (χ2v) is 5.98. The van der Waals surface area contributed by atoms with E-state index >= 15 is 0 Å². The van der Waals surface area contributed by atoms with Gasteiger partial charge in [0.1, 0.15) is 6.33 Å². The van der Waals surface area contributed by atoms with E-state index in [0.29, 0.717) is 24.5 Å². The summed E-state index contributed by atoms with van der Waals surface area (Å²) in [6.45, 7) is 1.11. The van der Waals surface area contributed by atoms with E-state index in [0.717, 1.165) is 12.0 Å². The first-order valence-corrected chi connectivity index (χ1v) is 7.91. The number of ether oxygens (including phenoxy) is 2. The van der Waals surface area contributed by atoms with Crippen LogP contribution in [0.4, 0.5) is 0 Å². The third-order valence-corrected chi connectivity index (χ3v) is 4.32. The molecule has 0 radical (unpaired) electrons. The number of rotatable bonds is 5. The maximum atomic E-state index is 12.8. The molecular formula is C17H22N4O3. The Morgan fingerprint density at radius 2 is 2.04 bits per heavy atom. The van der Waals surface area contributed by atoms with Crippen LogP contribution in [-0.2, 0) is 16.5 Å². The van der Waals surface area contributed by atoms with Gasteiger partial charge in [-0.15, -0.1) is 0 Å². The molecule has 1 fully saturated rings. The minimum atomic E-state index is -0.00266. The van der Waals surface area contributed by atoms with Crippen molar-refractivity contribution in [1.29, 1.82) is 0 Å². The summed E-state index contributed by atoms with van der Waals surface area (Å²) in [5.74, 6) is 0.645. The molecule has 7 heteroatoms. The van der Waals surface area contributed by atoms with Crippen LogP contribution in [0.15, 0.2) is 30.6 Å². The van der Waals surface area contributed by atoms with E-state index in [2.05, 4.69) is 10.1 Å². The zero-order valence-corrected chi connectivity index (χ0v) is 14.2. The highest BCUT2D eigenvalue weighted by Gasteiger charge is 2.35. The molecular weight excluding hydrogens is 308 g/mol. The molecule has 2 atom stereocenters. The highest BCUT2D eigenvalue weighted by Crippen LogP contribution is 2.23. The van der Waals surface area contributed by atoms with Crippen molar-refractivity contribution in [1.82, 2.24) is 19.7 Å². The second-order valence-electron chi connectivity index (χ2n) is 5.98. The van der Waals surface area contributed by atoms with Crippen molar-refractivity contribution in [3.63, 3.8) is 0 Å². The first-order valence-electron chi connectivity index (χ1n) is 7.91. The standard InChI is InChI=1S/C17H22N4O3/c1-20-11-18-16(19-20)12-4-6-13(7-5-12)17(22)21-9-15(24-3)8-14(21)10-23-2/h4-7,11,14-15H,8-10H2,1-3H3/t14-,15-/m0/s1. The topological polar surface area (TPSA) is 69.5 Å². The summed E-state index contributed by atoms with van der Waals surface area (Å²) in [6.07, 6.45) is 2.51. The molecule has 0 aliphatic carbocycles. The number of hydrogen-bond donors (Lipinski definition) is 0. The first kappa shape index (κ1) is 16.6. The molecule has 0 spiro atoms. The second kappa shape index (κ2) is 7.11. The molecule has 1 amide bonds. The van der Waals surface area contributed by atoms with Gasteiger partial charge in [0.2, 0.25) is 0 Å².